The van der Waals surface area contributed by atoms with Crippen molar-refractivity contribution in [2.45, 2.75) is 62.4 Å². The molecule has 2 aromatic carbocycles. The minimum Gasteiger partial charge on any atom is -0.348 e. The molecule has 0 aromatic heterocycles. The van der Waals surface area contributed by atoms with Gasteiger partial charge in [-0.25, -0.2) is 13.1 Å². The Balaban J connectivity index is 1.44. The highest BCUT2D eigenvalue weighted by Crippen LogP contribution is 2.20. The van der Waals surface area contributed by atoms with E-state index in [-0.39, 0.29) is 23.5 Å². The maximum Gasteiger partial charge on any atom is 0.309 e. The van der Waals surface area contributed by atoms with Crippen LogP contribution in [0.25, 0.3) is 0 Å². The smallest absolute Gasteiger partial charge is 0.309 e. The largest absolute Gasteiger partial charge is 0.348 e. The van der Waals surface area contributed by atoms with Crippen molar-refractivity contribution >= 4 is 21.8 Å². The standard InChI is InChI=1S/C24H31N3O4S/c1-18(20-8-4-2-5-9-20)26-24(29)23(28)25-17-16-19-12-14-22(15-13-19)32(30,31)27-21-10-6-3-7-11-21/h2,4-5,8-9,12-15,18,21,27H,3,6-7,10-11,16-17H2,1H3,(H,25,28)(H,26,29). The van der Waals surface area contributed by atoms with Gasteiger partial charge in [-0.15, -0.1) is 0 Å². The van der Waals surface area contributed by atoms with Crippen LogP contribution < -0.4 is 15.4 Å². The second kappa shape index (κ2) is 11.2. The number of hydrogen-bond donors (Lipinski definition) is 3. The predicted octanol–water partition coefficient (Wildman–Crippen LogP) is 2.83. The van der Waals surface area contributed by atoms with Gasteiger partial charge in [0.15, 0.2) is 0 Å². The lowest BCUT2D eigenvalue weighted by Gasteiger charge is -2.22. The van der Waals surface area contributed by atoms with Gasteiger partial charge < -0.3 is 10.6 Å². The molecule has 2 aromatic rings. The zero-order valence-corrected chi connectivity index (χ0v) is 19.2. The lowest BCUT2D eigenvalue weighted by atomic mass is 9.96. The number of benzene rings is 2. The van der Waals surface area contributed by atoms with Crippen LogP contribution >= 0.6 is 0 Å². The Labute approximate surface area is 190 Å². The molecular formula is C24H31N3O4S. The maximum atomic E-state index is 12.6. The van der Waals surface area contributed by atoms with Crippen LogP contribution in [0, 0.1) is 0 Å². The van der Waals surface area contributed by atoms with E-state index in [4.69, 9.17) is 0 Å². The van der Waals surface area contributed by atoms with Crippen molar-refractivity contribution in [1.29, 1.82) is 0 Å². The quantitative estimate of drug-likeness (QED) is 0.530. The van der Waals surface area contributed by atoms with Gasteiger partial charge >= 0.3 is 11.8 Å². The van der Waals surface area contributed by atoms with Crippen molar-refractivity contribution < 1.29 is 18.0 Å². The first-order valence-electron chi connectivity index (χ1n) is 11.1. The van der Waals surface area contributed by atoms with Gasteiger partial charge in [-0.1, -0.05) is 61.7 Å². The average molecular weight is 458 g/mol. The van der Waals surface area contributed by atoms with Gasteiger partial charge in [-0.2, -0.15) is 0 Å². The third kappa shape index (κ3) is 6.90. The van der Waals surface area contributed by atoms with E-state index in [0.29, 0.717) is 6.42 Å². The van der Waals surface area contributed by atoms with Crippen molar-refractivity contribution in [2.24, 2.45) is 0 Å². The molecule has 32 heavy (non-hydrogen) atoms. The molecule has 8 heteroatoms. The van der Waals surface area contributed by atoms with Gasteiger partial charge in [0.2, 0.25) is 10.0 Å². The Morgan fingerprint density at radius 1 is 0.938 bits per heavy atom. The highest BCUT2D eigenvalue weighted by molar-refractivity contribution is 7.89. The summed E-state index contributed by atoms with van der Waals surface area (Å²) in [5.41, 5.74) is 1.79. The van der Waals surface area contributed by atoms with E-state index < -0.39 is 21.8 Å². The predicted molar refractivity (Wildman–Crippen MR) is 123 cm³/mol. The van der Waals surface area contributed by atoms with Gasteiger partial charge in [0.25, 0.3) is 0 Å². The molecule has 1 fully saturated rings. The van der Waals surface area contributed by atoms with Crippen molar-refractivity contribution in [3.63, 3.8) is 0 Å². The van der Waals surface area contributed by atoms with Crippen LogP contribution in [0.3, 0.4) is 0 Å². The van der Waals surface area contributed by atoms with E-state index in [9.17, 15) is 18.0 Å². The molecular weight excluding hydrogens is 426 g/mol. The molecule has 7 nitrogen and oxygen atoms in total. The van der Waals surface area contributed by atoms with Gasteiger partial charge in [0, 0.05) is 12.6 Å². The first-order valence-corrected chi connectivity index (χ1v) is 12.6. The second-order valence-corrected chi connectivity index (χ2v) is 9.93. The molecule has 0 saturated heterocycles. The Bertz CT molecular complexity index is 1000. The fourth-order valence-electron chi connectivity index (χ4n) is 3.83. The van der Waals surface area contributed by atoms with Gasteiger partial charge in [0.1, 0.15) is 0 Å². The minimum absolute atomic E-state index is 0.0133. The van der Waals surface area contributed by atoms with Crippen LogP contribution in [-0.4, -0.2) is 32.8 Å². The van der Waals surface area contributed by atoms with Crippen LogP contribution in [-0.2, 0) is 26.0 Å². The van der Waals surface area contributed by atoms with Crippen LogP contribution in [0.5, 0.6) is 0 Å². The number of carbonyl (C=O) groups is 2. The Morgan fingerprint density at radius 3 is 2.25 bits per heavy atom. The number of rotatable bonds is 8. The molecule has 1 atom stereocenters. The van der Waals surface area contributed by atoms with E-state index in [1.165, 1.54) is 0 Å². The summed E-state index contributed by atoms with van der Waals surface area (Å²) >= 11 is 0. The van der Waals surface area contributed by atoms with E-state index in [2.05, 4.69) is 15.4 Å². The van der Waals surface area contributed by atoms with Gasteiger partial charge in [-0.05, 0) is 49.4 Å². The minimum atomic E-state index is -3.53. The highest BCUT2D eigenvalue weighted by atomic mass is 32.2. The molecule has 2 amide bonds. The third-order valence-electron chi connectivity index (χ3n) is 5.71. The fraction of sp³-hybridized carbons (Fsp3) is 0.417. The van der Waals surface area contributed by atoms with Gasteiger partial charge in [-0.3, -0.25) is 9.59 Å². The van der Waals surface area contributed by atoms with Crippen LogP contribution in [0.15, 0.2) is 59.5 Å². The SMILES string of the molecule is CC(NC(=O)C(=O)NCCc1ccc(S(=O)(=O)NC2CCCCC2)cc1)c1ccccc1. The molecule has 3 N–H and O–H groups in total. The maximum absolute atomic E-state index is 12.6. The summed E-state index contributed by atoms with van der Waals surface area (Å²) in [6.07, 6.45) is 5.53. The summed E-state index contributed by atoms with van der Waals surface area (Å²) in [7, 11) is -3.53. The third-order valence-corrected chi connectivity index (χ3v) is 7.25. The van der Waals surface area contributed by atoms with E-state index in [0.717, 1.165) is 43.2 Å². The molecule has 1 aliphatic carbocycles. The fourth-order valence-corrected chi connectivity index (χ4v) is 5.14. The number of sulfonamides is 1. The first kappa shape index (κ1) is 23.9. The molecule has 0 heterocycles. The summed E-state index contributed by atoms with van der Waals surface area (Å²) in [4.78, 5) is 24.4. The van der Waals surface area contributed by atoms with Crippen LogP contribution in [0.1, 0.15) is 56.2 Å². The number of carbonyl (C=O) groups excluding carboxylic acids is 2. The number of nitrogens with one attached hydrogen (secondary N) is 3. The Morgan fingerprint density at radius 2 is 1.59 bits per heavy atom. The summed E-state index contributed by atoms with van der Waals surface area (Å²) in [6.45, 7) is 2.09. The zero-order chi connectivity index (χ0) is 23.0. The molecule has 0 radical (unpaired) electrons. The Kier molecular flexibility index (Phi) is 8.41. The monoisotopic (exact) mass is 457 g/mol. The van der Waals surface area contributed by atoms with Gasteiger partial charge in [0.05, 0.1) is 10.9 Å². The molecule has 0 aliphatic heterocycles. The molecule has 1 aliphatic rings. The summed E-state index contributed by atoms with van der Waals surface area (Å²) in [5, 5.41) is 5.28. The summed E-state index contributed by atoms with van der Waals surface area (Å²) in [5.74, 6) is -1.37. The topological polar surface area (TPSA) is 104 Å². The second-order valence-electron chi connectivity index (χ2n) is 8.21. The highest BCUT2D eigenvalue weighted by Gasteiger charge is 2.22. The number of hydrogen-bond acceptors (Lipinski definition) is 4. The lowest BCUT2D eigenvalue weighted by molar-refractivity contribution is -0.139. The van der Waals surface area contributed by atoms with E-state index in [1.807, 2.05) is 37.3 Å². The van der Waals surface area contributed by atoms with Crippen molar-refractivity contribution in [1.82, 2.24) is 15.4 Å². The molecule has 3 rings (SSSR count). The molecule has 1 saturated carbocycles. The summed E-state index contributed by atoms with van der Waals surface area (Å²) in [6, 6.07) is 15.8. The van der Waals surface area contributed by atoms with Crippen molar-refractivity contribution in [3.05, 3.63) is 65.7 Å². The van der Waals surface area contributed by atoms with E-state index >= 15 is 0 Å². The average Bonchev–Trinajstić information content (AvgIpc) is 2.80. The summed E-state index contributed by atoms with van der Waals surface area (Å²) < 4.78 is 27.9. The zero-order valence-electron chi connectivity index (χ0n) is 18.3. The van der Waals surface area contributed by atoms with Crippen molar-refractivity contribution in [2.75, 3.05) is 6.54 Å². The van der Waals surface area contributed by atoms with E-state index in [1.54, 1.807) is 24.3 Å². The molecule has 172 valence electrons. The van der Waals surface area contributed by atoms with Crippen LogP contribution in [0.4, 0.5) is 0 Å². The molecule has 1 unspecified atom stereocenters. The molecule has 0 bridgehead atoms. The molecule has 0 spiro atoms. The van der Waals surface area contributed by atoms with Crippen LogP contribution in [0.2, 0.25) is 0 Å². The number of amides is 2. The Hall–Kier alpha value is -2.71. The van der Waals surface area contributed by atoms with Crippen molar-refractivity contribution in [3.8, 4) is 0 Å². The lowest BCUT2D eigenvalue weighted by Crippen LogP contribution is -2.41. The normalized spacial score (nSPS) is 15.7. The first-order chi connectivity index (χ1) is 15.3.